The molecule has 1 rings (SSSR count). The van der Waals surface area contributed by atoms with E-state index >= 15 is 0 Å². The van der Waals surface area contributed by atoms with Crippen molar-refractivity contribution in [3.63, 3.8) is 0 Å². The third-order valence-electron chi connectivity index (χ3n) is 3.74. The summed E-state index contributed by atoms with van der Waals surface area (Å²) in [6.07, 6.45) is 2.51. The highest BCUT2D eigenvalue weighted by Crippen LogP contribution is 2.26. The molecule has 0 spiro atoms. The van der Waals surface area contributed by atoms with Crippen LogP contribution in [-0.2, 0) is 0 Å². The number of aryl methyl sites for hydroxylation is 3. The molecule has 102 valence electrons. The van der Waals surface area contributed by atoms with Crippen LogP contribution in [0.5, 0.6) is 0 Å². The van der Waals surface area contributed by atoms with E-state index < -0.39 is 0 Å². The van der Waals surface area contributed by atoms with E-state index in [4.69, 9.17) is 0 Å². The second kappa shape index (κ2) is 6.94. The van der Waals surface area contributed by atoms with Gasteiger partial charge in [0.15, 0.2) is 0 Å². The standard InChI is InChI=1S/C17H29N/c1-7-18-17(9-8-12(2)3)16-11-14(5)13(4)10-15(16)6/h10-12,17-18H,7-9H2,1-6H3. The van der Waals surface area contributed by atoms with Gasteiger partial charge in [-0.15, -0.1) is 0 Å². The summed E-state index contributed by atoms with van der Waals surface area (Å²) in [5.41, 5.74) is 5.71. The van der Waals surface area contributed by atoms with Gasteiger partial charge in [0.1, 0.15) is 0 Å². The molecule has 1 heteroatoms. The molecule has 0 bridgehead atoms. The molecule has 1 nitrogen and oxygen atoms in total. The van der Waals surface area contributed by atoms with Gasteiger partial charge in [-0.3, -0.25) is 0 Å². The van der Waals surface area contributed by atoms with Crippen LogP contribution in [0.4, 0.5) is 0 Å². The van der Waals surface area contributed by atoms with E-state index in [2.05, 4.69) is 59.0 Å². The van der Waals surface area contributed by atoms with Crippen molar-refractivity contribution in [2.45, 2.75) is 60.4 Å². The number of hydrogen-bond donors (Lipinski definition) is 1. The Bertz CT molecular complexity index is 379. The van der Waals surface area contributed by atoms with E-state index in [-0.39, 0.29) is 0 Å². The molecule has 0 aromatic heterocycles. The highest BCUT2D eigenvalue weighted by molar-refractivity contribution is 5.38. The highest BCUT2D eigenvalue weighted by atomic mass is 14.9. The summed E-state index contributed by atoms with van der Waals surface area (Å²) in [7, 11) is 0. The van der Waals surface area contributed by atoms with Crippen LogP contribution in [0.3, 0.4) is 0 Å². The van der Waals surface area contributed by atoms with Crippen molar-refractivity contribution in [1.82, 2.24) is 5.32 Å². The molecule has 1 aromatic carbocycles. The number of hydrogen-bond acceptors (Lipinski definition) is 1. The average Bonchev–Trinajstić information content (AvgIpc) is 2.29. The fourth-order valence-electron chi connectivity index (χ4n) is 2.47. The largest absolute Gasteiger partial charge is 0.310 e. The van der Waals surface area contributed by atoms with E-state index in [0.717, 1.165) is 12.5 Å². The smallest absolute Gasteiger partial charge is 0.0322 e. The number of benzene rings is 1. The fraction of sp³-hybridized carbons (Fsp3) is 0.647. The highest BCUT2D eigenvalue weighted by Gasteiger charge is 2.14. The third-order valence-corrected chi connectivity index (χ3v) is 3.74. The minimum atomic E-state index is 0.511. The van der Waals surface area contributed by atoms with E-state index in [1.165, 1.54) is 35.1 Å². The molecule has 0 amide bonds. The minimum absolute atomic E-state index is 0.511. The van der Waals surface area contributed by atoms with Crippen molar-refractivity contribution in [1.29, 1.82) is 0 Å². The fourth-order valence-corrected chi connectivity index (χ4v) is 2.47. The minimum Gasteiger partial charge on any atom is -0.310 e. The summed E-state index contributed by atoms with van der Waals surface area (Å²) in [6, 6.07) is 5.21. The lowest BCUT2D eigenvalue weighted by molar-refractivity contribution is 0.447. The second-order valence-electron chi connectivity index (χ2n) is 5.87. The molecule has 0 saturated heterocycles. The SMILES string of the molecule is CCNC(CCC(C)C)c1cc(C)c(C)cc1C. The molecule has 0 saturated carbocycles. The van der Waals surface area contributed by atoms with Gasteiger partial charge in [-0.1, -0.05) is 32.9 Å². The maximum atomic E-state index is 3.64. The first-order valence-electron chi connectivity index (χ1n) is 7.26. The van der Waals surface area contributed by atoms with Crippen LogP contribution >= 0.6 is 0 Å². The van der Waals surface area contributed by atoms with Gasteiger partial charge in [-0.05, 0) is 68.3 Å². The Morgan fingerprint density at radius 3 is 2.11 bits per heavy atom. The van der Waals surface area contributed by atoms with Crippen LogP contribution < -0.4 is 5.32 Å². The van der Waals surface area contributed by atoms with Crippen molar-refractivity contribution in [3.05, 3.63) is 34.4 Å². The van der Waals surface area contributed by atoms with E-state index in [1.54, 1.807) is 0 Å². The van der Waals surface area contributed by atoms with Crippen molar-refractivity contribution in [2.24, 2.45) is 5.92 Å². The Kier molecular flexibility index (Phi) is 5.87. The molecular formula is C17H29N. The van der Waals surface area contributed by atoms with E-state index in [9.17, 15) is 0 Å². The van der Waals surface area contributed by atoms with Gasteiger partial charge in [-0.25, -0.2) is 0 Å². The van der Waals surface area contributed by atoms with Crippen LogP contribution in [0.25, 0.3) is 0 Å². The van der Waals surface area contributed by atoms with Crippen molar-refractivity contribution in [3.8, 4) is 0 Å². The summed E-state index contributed by atoms with van der Waals surface area (Å²) >= 11 is 0. The Morgan fingerprint density at radius 2 is 1.56 bits per heavy atom. The van der Waals surface area contributed by atoms with Crippen LogP contribution in [-0.4, -0.2) is 6.54 Å². The van der Waals surface area contributed by atoms with E-state index in [0.29, 0.717) is 6.04 Å². The molecule has 0 aliphatic heterocycles. The summed E-state index contributed by atoms with van der Waals surface area (Å²) in [5.74, 6) is 0.776. The van der Waals surface area contributed by atoms with Crippen LogP contribution in [0, 0.1) is 26.7 Å². The van der Waals surface area contributed by atoms with Gasteiger partial charge in [0, 0.05) is 6.04 Å². The molecule has 0 fully saturated rings. The van der Waals surface area contributed by atoms with Gasteiger partial charge in [0.05, 0.1) is 0 Å². The molecule has 0 aliphatic rings. The predicted molar refractivity (Wildman–Crippen MR) is 81.1 cm³/mol. The van der Waals surface area contributed by atoms with Gasteiger partial charge < -0.3 is 5.32 Å². The number of nitrogens with one attached hydrogen (secondary N) is 1. The summed E-state index contributed by atoms with van der Waals surface area (Å²) in [4.78, 5) is 0. The summed E-state index contributed by atoms with van der Waals surface area (Å²) in [6.45, 7) is 14.5. The van der Waals surface area contributed by atoms with Crippen molar-refractivity contribution < 1.29 is 0 Å². The maximum Gasteiger partial charge on any atom is 0.0322 e. The van der Waals surface area contributed by atoms with Gasteiger partial charge in [-0.2, -0.15) is 0 Å². The quantitative estimate of drug-likeness (QED) is 0.768. The Morgan fingerprint density at radius 1 is 0.944 bits per heavy atom. The van der Waals surface area contributed by atoms with E-state index in [1.807, 2.05) is 0 Å². The zero-order valence-corrected chi connectivity index (χ0v) is 12.9. The number of rotatable bonds is 6. The molecule has 1 aromatic rings. The molecule has 0 radical (unpaired) electrons. The normalized spacial score (nSPS) is 13.1. The average molecular weight is 247 g/mol. The summed E-state index contributed by atoms with van der Waals surface area (Å²) in [5, 5.41) is 3.64. The molecule has 0 aliphatic carbocycles. The predicted octanol–water partition coefficient (Wildman–Crippen LogP) is 4.70. The molecule has 1 unspecified atom stereocenters. The van der Waals surface area contributed by atoms with Crippen LogP contribution in [0.1, 0.15) is 61.9 Å². The molecule has 1 atom stereocenters. The molecule has 18 heavy (non-hydrogen) atoms. The Balaban J connectivity index is 2.94. The van der Waals surface area contributed by atoms with Gasteiger partial charge >= 0.3 is 0 Å². The van der Waals surface area contributed by atoms with Crippen LogP contribution in [0.2, 0.25) is 0 Å². The third kappa shape index (κ3) is 4.13. The molecule has 0 heterocycles. The molecule has 1 N–H and O–H groups in total. The van der Waals surface area contributed by atoms with Crippen molar-refractivity contribution >= 4 is 0 Å². The van der Waals surface area contributed by atoms with Gasteiger partial charge in [0.25, 0.3) is 0 Å². The topological polar surface area (TPSA) is 12.0 Å². The second-order valence-corrected chi connectivity index (χ2v) is 5.87. The lowest BCUT2D eigenvalue weighted by Crippen LogP contribution is -2.22. The molecular weight excluding hydrogens is 218 g/mol. The van der Waals surface area contributed by atoms with Crippen molar-refractivity contribution in [2.75, 3.05) is 6.54 Å². The van der Waals surface area contributed by atoms with Crippen LogP contribution in [0.15, 0.2) is 12.1 Å². The van der Waals surface area contributed by atoms with Gasteiger partial charge in [0.2, 0.25) is 0 Å². The first-order valence-corrected chi connectivity index (χ1v) is 7.26. The Labute approximate surface area is 113 Å². The monoisotopic (exact) mass is 247 g/mol. The summed E-state index contributed by atoms with van der Waals surface area (Å²) < 4.78 is 0. The maximum absolute atomic E-state index is 3.64. The Hall–Kier alpha value is -0.820. The zero-order valence-electron chi connectivity index (χ0n) is 12.9. The first-order chi connectivity index (χ1) is 8.45. The zero-order chi connectivity index (χ0) is 13.7. The lowest BCUT2D eigenvalue weighted by atomic mass is 9.91. The first kappa shape index (κ1) is 15.2. The lowest BCUT2D eigenvalue weighted by Gasteiger charge is -2.22.